The summed E-state index contributed by atoms with van der Waals surface area (Å²) in [5.41, 5.74) is 0. The highest BCUT2D eigenvalue weighted by molar-refractivity contribution is 5.87. The summed E-state index contributed by atoms with van der Waals surface area (Å²) in [6, 6.07) is 0. The largest absolute Gasteiger partial charge is 0.314 e. The van der Waals surface area contributed by atoms with Crippen molar-refractivity contribution in [3.8, 4) is 0 Å². The average molecular weight is 308 g/mol. The van der Waals surface area contributed by atoms with Crippen LogP contribution in [0.5, 0.6) is 0 Å². The number of nitrogens with zero attached hydrogens (tertiary/aromatic N) is 3. The second-order valence-electron chi connectivity index (χ2n) is 6.30. The van der Waals surface area contributed by atoms with Crippen molar-refractivity contribution in [2.24, 2.45) is 16.9 Å². The van der Waals surface area contributed by atoms with Gasteiger partial charge in [0.05, 0.1) is 6.54 Å². The molecule has 0 spiro atoms. The van der Waals surface area contributed by atoms with E-state index in [1.54, 1.807) is 6.92 Å². The predicted molar refractivity (Wildman–Crippen MR) is 86.7 cm³/mol. The molecule has 1 amide bonds. The van der Waals surface area contributed by atoms with E-state index < -0.39 is 0 Å². The number of piperazine rings is 1. The molecule has 0 radical (unpaired) electrons. The Hall–Kier alpha value is -1.27. The molecule has 6 heteroatoms. The van der Waals surface area contributed by atoms with Gasteiger partial charge in [-0.25, -0.2) is 5.01 Å². The van der Waals surface area contributed by atoms with Crippen LogP contribution in [0.25, 0.3) is 0 Å². The van der Waals surface area contributed by atoms with Gasteiger partial charge in [-0.3, -0.25) is 14.5 Å². The lowest BCUT2D eigenvalue weighted by Crippen LogP contribution is -2.47. The molecule has 1 aliphatic carbocycles. The predicted octanol–water partition coefficient (Wildman–Crippen LogP) is 0.731. The molecule has 22 heavy (non-hydrogen) atoms. The van der Waals surface area contributed by atoms with Gasteiger partial charge in [-0.1, -0.05) is 12.8 Å². The Labute approximate surface area is 132 Å². The number of Topliss-reactive ketones (excluding diaryl/α,β-unsaturated/α-hetero) is 1. The average Bonchev–Trinajstić information content (AvgIpc) is 2.56. The van der Waals surface area contributed by atoms with E-state index in [-0.39, 0.29) is 23.5 Å². The van der Waals surface area contributed by atoms with Crippen molar-refractivity contribution < 1.29 is 9.59 Å². The fourth-order valence-corrected chi connectivity index (χ4v) is 3.53. The summed E-state index contributed by atoms with van der Waals surface area (Å²) >= 11 is 0. The highest BCUT2D eigenvalue weighted by atomic mass is 16.2. The van der Waals surface area contributed by atoms with Crippen molar-refractivity contribution in [2.75, 3.05) is 39.3 Å². The molecule has 2 aliphatic rings. The quantitative estimate of drug-likeness (QED) is 0.580. The number of amides is 1. The smallest absolute Gasteiger partial charge is 0.246 e. The molecule has 0 aromatic carbocycles. The maximum Gasteiger partial charge on any atom is 0.246 e. The van der Waals surface area contributed by atoms with Gasteiger partial charge in [-0.05, 0) is 19.8 Å². The lowest BCUT2D eigenvalue weighted by molar-refractivity contribution is -0.142. The zero-order valence-electron chi connectivity index (χ0n) is 13.6. The van der Waals surface area contributed by atoms with Gasteiger partial charge < -0.3 is 5.32 Å². The molecule has 0 bridgehead atoms. The summed E-state index contributed by atoms with van der Waals surface area (Å²) in [5.74, 6) is -0.237. The Kier molecular flexibility index (Phi) is 6.51. The first-order chi connectivity index (χ1) is 10.6. The van der Waals surface area contributed by atoms with Gasteiger partial charge in [-0.2, -0.15) is 5.10 Å². The van der Waals surface area contributed by atoms with Crippen molar-refractivity contribution in [3.05, 3.63) is 0 Å². The van der Waals surface area contributed by atoms with Crippen LogP contribution in [0, 0.1) is 11.8 Å². The summed E-state index contributed by atoms with van der Waals surface area (Å²) in [4.78, 5) is 26.8. The number of carbonyl (C=O) groups excluding carboxylic acids is 2. The maximum atomic E-state index is 12.7. The molecule has 1 saturated heterocycles. The van der Waals surface area contributed by atoms with Crippen LogP contribution in [-0.4, -0.2) is 67.6 Å². The molecule has 2 fully saturated rings. The summed E-state index contributed by atoms with van der Waals surface area (Å²) < 4.78 is 0. The summed E-state index contributed by atoms with van der Waals surface area (Å²) in [7, 11) is 0. The third-order valence-corrected chi connectivity index (χ3v) is 4.87. The molecular formula is C16H28N4O2. The van der Waals surface area contributed by atoms with Crippen molar-refractivity contribution in [1.29, 1.82) is 0 Å². The topological polar surface area (TPSA) is 65.0 Å². The summed E-state index contributed by atoms with van der Waals surface area (Å²) in [6.45, 7) is 10.5. The minimum atomic E-state index is -0.209. The monoisotopic (exact) mass is 308 g/mol. The van der Waals surface area contributed by atoms with E-state index >= 15 is 0 Å². The first-order valence-electron chi connectivity index (χ1n) is 8.35. The molecule has 6 nitrogen and oxygen atoms in total. The first-order valence-corrected chi connectivity index (χ1v) is 8.35. The van der Waals surface area contributed by atoms with Crippen LogP contribution >= 0.6 is 0 Å². The number of carbonyl (C=O) groups is 2. The van der Waals surface area contributed by atoms with Crippen LogP contribution in [0.2, 0.25) is 0 Å². The molecule has 2 rings (SSSR count). The van der Waals surface area contributed by atoms with Gasteiger partial charge in [0, 0.05) is 51.3 Å². The van der Waals surface area contributed by atoms with Crippen LogP contribution in [-0.2, 0) is 9.59 Å². The van der Waals surface area contributed by atoms with E-state index in [4.69, 9.17) is 0 Å². The molecule has 124 valence electrons. The lowest BCUT2D eigenvalue weighted by atomic mass is 9.76. The number of hydrazone groups is 1. The van der Waals surface area contributed by atoms with Crippen molar-refractivity contribution in [3.63, 3.8) is 0 Å². The Morgan fingerprint density at radius 2 is 1.86 bits per heavy atom. The lowest BCUT2D eigenvalue weighted by Gasteiger charge is -2.33. The van der Waals surface area contributed by atoms with E-state index in [9.17, 15) is 9.59 Å². The van der Waals surface area contributed by atoms with E-state index in [0.717, 1.165) is 58.4 Å². The Bertz CT molecular complexity index is 407. The molecule has 0 aromatic heterocycles. The van der Waals surface area contributed by atoms with Gasteiger partial charge in [0.25, 0.3) is 0 Å². The fourth-order valence-electron chi connectivity index (χ4n) is 3.53. The summed E-state index contributed by atoms with van der Waals surface area (Å²) in [6.07, 6.45) is 3.68. The molecule has 2 atom stereocenters. The van der Waals surface area contributed by atoms with Crippen LogP contribution in [0.1, 0.15) is 32.6 Å². The van der Waals surface area contributed by atoms with Gasteiger partial charge in [0.2, 0.25) is 5.91 Å². The van der Waals surface area contributed by atoms with E-state index in [0.29, 0.717) is 6.54 Å². The molecule has 1 heterocycles. The minimum absolute atomic E-state index is 0.0231. The standard InChI is InChI=1S/C16H28N4O2/c1-13(21)14-5-3-4-6-15(14)16(22)20(17-2)12-11-19-9-7-18-8-10-19/h14-15,18H,2-12H2,1H3/t14-,15-/m0/s1. The van der Waals surface area contributed by atoms with Gasteiger partial charge in [0.1, 0.15) is 5.78 Å². The number of rotatable bonds is 6. The van der Waals surface area contributed by atoms with Crippen LogP contribution in [0.4, 0.5) is 0 Å². The number of hydrogen-bond acceptors (Lipinski definition) is 5. The van der Waals surface area contributed by atoms with Crippen LogP contribution < -0.4 is 5.32 Å². The first kappa shape index (κ1) is 17.1. The summed E-state index contributed by atoms with van der Waals surface area (Å²) in [5, 5.41) is 8.72. The Morgan fingerprint density at radius 1 is 1.23 bits per heavy atom. The number of ketones is 1. The zero-order chi connectivity index (χ0) is 15.9. The van der Waals surface area contributed by atoms with E-state index in [1.165, 1.54) is 5.01 Å². The molecule has 1 saturated carbocycles. The highest BCUT2D eigenvalue weighted by Gasteiger charge is 2.36. The molecule has 1 aliphatic heterocycles. The molecule has 0 aromatic rings. The SMILES string of the molecule is C=NN(CCN1CCNCC1)C(=O)[C@H]1CCCC[C@H]1C(C)=O. The molecule has 0 unspecified atom stereocenters. The Balaban J connectivity index is 1.91. The minimum Gasteiger partial charge on any atom is -0.314 e. The normalized spacial score (nSPS) is 26.4. The Morgan fingerprint density at radius 3 is 2.45 bits per heavy atom. The van der Waals surface area contributed by atoms with E-state index in [2.05, 4.69) is 22.0 Å². The second-order valence-corrected chi connectivity index (χ2v) is 6.30. The second kappa shape index (κ2) is 8.39. The highest BCUT2D eigenvalue weighted by Crippen LogP contribution is 2.32. The number of nitrogens with one attached hydrogen (secondary N) is 1. The van der Waals surface area contributed by atoms with Gasteiger partial charge >= 0.3 is 0 Å². The fraction of sp³-hybridized carbons (Fsp3) is 0.812. The van der Waals surface area contributed by atoms with Crippen LogP contribution in [0.3, 0.4) is 0 Å². The van der Waals surface area contributed by atoms with Crippen molar-refractivity contribution in [2.45, 2.75) is 32.6 Å². The van der Waals surface area contributed by atoms with Crippen molar-refractivity contribution in [1.82, 2.24) is 15.2 Å². The van der Waals surface area contributed by atoms with Gasteiger partial charge in [-0.15, -0.1) is 0 Å². The third kappa shape index (κ3) is 4.36. The maximum absolute atomic E-state index is 12.7. The third-order valence-electron chi connectivity index (χ3n) is 4.87. The van der Waals surface area contributed by atoms with Gasteiger partial charge in [0.15, 0.2) is 0 Å². The number of hydrogen-bond donors (Lipinski definition) is 1. The molecule has 1 N–H and O–H groups in total. The molecular weight excluding hydrogens is 280 g/mol. The van der Waals surface area contributed by atoms with E-state index in [1.807, 2.05) is 0 Å². The van der Waals surface area contributed by atoms with Crippen LogP contribution in [0.15, 0.2) is 5.10 Å². The van der Waals surface area contributed by atoms with Crippen molar-refractivity contribution >= 4 is 18.4 Å². The zero-order valence-corrected chi connectivity index (χ0v) is 13.6.